The topological polar surface area (TPSA) is 103 Å². The molecule has 132 valence electrons. The van der Waals surface area contributed by atoms with Gasteiger partial charge in [0.2, 0.25) is 5.91 Å². The van der Waals surface area contributed by atoms with Crippen molar-refractivity contribution in [3.63, 3.8) is 0 Å². The van der Waals surface area contributed by atoms with Crippen LogP contribution in [0.4, 0.5) is 5.82 Å². The van der Waals surface area contributed by atoms with E-state index >= 15 is 0 Å². The number of methoxy groups -OCH3 is 3. The summed E-state index contributed by atoms with van der Waals surface area (Å²) in [6, 6.07) is 3.44. The van der Waals surface area contributed by atoms with Gasteiger partial charge in [0.05, 0.1) is 26.4 Å². The van der Waals surface area contributed by atoms with Gasteiger partial charge in [-0.15, -0.1) is 0 Å². The third-order valence-electron chi connectivity index (χ3n) is 4.08. The van der Waals surface area contributed by atoms with Gasteiger partial charge >= 0.3 is 5.97 Å². The summed E-state index contributed by atoms with van der Waals surface area (Å²) >= 11 is 6.49. The molecule has 3 rings (SSSR count). The van der Waals surface area contributed by atoms with Crippen LogP contribution in [0.1, 0.15) is 34.0 Å². The smallest absolute Gasteiger partial charge is 0.356 e. The number of nitrogens with zero attached hydrogens (tertiary/aromatic N) is 1. The van der Waals surface area contributed by atoms with Gasteiger partial charge in [-0.25, -0.2) is 4.79 Å². The van der Waals surface area contributed by atoms with E-state index < -0.39 is 11.9 Å². The Morgan fingerprint density at radius 1 is 1.28 bits per heavy atom. The Morgan fingerprint density at radius 3 is 2.68 bits per heavy atom. The number of carbonyl (C=O) groups is 2. The highest BCUT2D eigenvalue weighted by atomic mass is 35.5. The summed E-state index contributed by atoms with van der Waals surface area (Å²) in [5.74, 6) is -0.177. The number of nitrogens with one attached hydrogen (secondary N) is 2. The zero-order valence-corrected chi connectivity index (χ0v) is 14.6. The quantitative estimate of drug-likeness (QED) is 0.806. The molecule has 25 heavy (non-hydrogen) atoms. The molecule has 1 aromatic carbocycles. The lowest BCUT2D eigenvalue weighted by atomic mass is 9.85. The van der Waals surface area contributed by atoms with Crippen LogP contribution >= 0.6 is 11.6 Å². The van der Waals surface area contributed by atoms with E-state index in [1.807, 2.05) is 0 Å². The number of aromatic amines is 1. The maximum atomic E-state index is 12.1. The molecule has 0 saturated heterocycles. The summed E-state index contributed by atoms with van der Waals surface area (Å²) in [6.45, 7) is 0. The molecule has 2 heterocycles. The van der Waals surface area contributed by atoms with E-state index in [9.17, 15) is 9.59 Å². The van der Waals surface area contributed by atoms with Crippen molar-refractivity contribution >= 4 is 29.3 Å². The van der Waals surface area contributed by atoms with Crippen molar-refractivity contribution in [2.45, 2.75) is 12.3 Å². The second kappa shape index (κ2) is 6.64. The van der Waals surface area contributed by atoms with Crippen LogP contribution in [0.15, 0.2) is 12.1 Å². The number of aromatic nitrogens is 2. The number of fused-ring (bicyclic) bond motifs is 1. The van der Waals surface area contributed by atoms with Crippen molar-refractivity contribution in [2.24, 2.45) is 0 Å². The first kappa shape index (κ1) is 17.1. The van der Waals surface area contributed by atoms with Gasteiger partial charge in [-0.05, 0) is 11.6 Å². The molecular weight excluding hydrogens is 350 g/mol. The second-order valence-corrected chi connectivity index (χ2v) is 5.74. The first-order valence-electron chi connectivity index (χ1n) is 7.38. The number of halogens is 1. The number of anilines is 1. The third kappa shape index (κ3) is 2.78. The normalized spacial score (nSPS) is 16.0. The van der Waals surface area contributed by atoms with E-state index in [1.54, 1.807) is 12.1 Å². The van der Waals surface area contributed by atoms with Crippen LogP contribution < -0.4 is 14.8 Å². The molecule has 0 saturated carbocycles. The lowest BCUT2D eigenvalue weighted by Gasteiger charge is -2.24. The monoisotopic (exact) mass is 365 g/mol. The van der Waals surface area contributed by atoms with Gasteiger partial charge in [-0.2, -0.15) is 5.10 Å². The van der Waals surface area contributed by atoms with Crippen LogP contribution in [0.2, 0.25) is 5.02 Å². The fourth-order valence-electron chi connectivity index (χ4n) is 2.95. The highest BCUT2D eigenvalue weighted by Gasteiger charge is 2.36. The number of hydrogen-bond acceptors (Lipinski definition) is 6. The second-order valence-electron chi connectivity index (χ2n) is 5.36. The molecular formula is C16H16ClN3O5. The Kier molecular flexibility index (Phi) is 4.54. The Hall–Kier alpha value is -2.74. The highest BCUT2D eigenvalue weighted by Crippen LogP contribution is 2.46. The molecule has 0 fully saturated rings. The molecule has 2 aromatic rings. The minimum Gasteiger partial charge on any atom is -0.493 e. The molecule has 0 aliphatic carbocycles. The summed E-state index contributed by atoms with van der Waals surface area (Å²) in [7, 11) is 4.26. The van der Waals surface area contributed by atoms with Crippen molar-refractivity contribution in [1.29, 1.82) is 0 Å². The van der Waals surface area contributed by atoms with Crippen molar-refractivity contribution in [2.75, 3.05) is 26.6 Å². The van der Waals surface area contributed by atoms with Gasteiger partial charge in [0.25, 0.3) is 0 Å². The number of hydrogen-bond donors (Lipinski definition) is 2. The zero-order chi connectivity index (χ0) is 18.1. The fraction of sp³-hybridized carbons (Fsp3) is 0.312. The summed E-state index contributed by atoms with van der Waals surface area (Å²) in [4.78, 5) is 24.1. The summed E-state index contributed by atoms with van der Waals surface area (Å²) in [5.41, 5.74) is 1.33. The van der Waals surface area contributed by atoms with E-state index in [2.05, 4.69) is 15.5 Å². The van der Waals surface area contributed by atoms with E-state index in [4.69, 9.17) is 25.8 Å². The average Bonchev–Trinajstić information content (AvgIpc) is 3.03. The van der Waals surface area contributed by atoms with Crippen LogP contribution in [0, 0.1) is 0 Å². The fourth-order valence-corrected chi connectivity index (χ4v) is 3.32. The number of H-pyrrole nitrogens is 1. The molecule has 1 aromatic heterocycles. The standard InChI is InChI=1S/C16H16ClN3O5/c1-23-9-5-4-7(12(17)14(9)24-2)8-6-10(21)18-15-11(8)13(19-20-15)16(22)25-3/h4-5,8H,6H2,1-3H3,(H2,18,19,20,21). The number of benzene rings is 1. The van der Waals surface area contributed by atoms with E-state index in [1.165, 1.54) is 21.3 Å². The SMILES string of the molecule is COC(=O)c1[nH]nc2c1C(c1ccc(OC)c(OC)c1Cl)CC(=O)N2. The molecule has 0 radical (unpaired) electrons. The lowest BCUT2D eigenvalue weighted by Crippen LogP contribution is -2.24. The van der Waals surface area contributed by atoms with Crippen molar-refractivity contribution in [3.8, 4) is 11.5 Å². The predicted octanol–water partition coefficient (Wildman–Crippen LogP) is 2.34. The maximum absolute atomic E-state index is 12.1. The van der Waals surface area contributed by atoms with Crippen LogP contribution in [0.5, 0.6) is 11.5 Å². The van der Waals surface area contributed by atoms with Crippen molar-refractivity contribution < 1.29 is 23.8 Å². The Balaban J connectivity index is 2.18. The molecule has 9 heteroatoms. The number of rotatable bonds is 4. The first-order chi connectivity index (χ1) is 12.0. The van der Waals surface area contributed by atoms with Gasteiger partial charge in [0.1, 0.15) is 5.69 Å². The summed E-state index contributed by atoms with van der Waals surface area (Å²) in [6.07, 6.45) is 0.103. The molecule has 0 bridgehead atoms. The van der Waals surface area contributed by atoms with Gasteiger partial charge in [0.15, 0.2) is 17.3 Å². The predicted molar refractivity (Wildman–Crippen MR) is 89.6 cm³/mol. The van der Waals surface area contributed by atoms with Gasteiger partial charge in [-0.1, -0.05) is 17.7 Å². The molecule has 8 nitrogen and oxygen atoms in total. The Labute approximate surface area is 148 Å². The minimum absolute atomic E-state index is 0.103. The average molecular weight is 366 g/mol. The van der Waals surface area contributed by atoms with Crippen molar-refractivity contribution in [1.82, 2.24) is 10.2 Å². The van der Waals surface area contributed by atoms with Crippen LogP contribution in [-0.4, -0.2) is 43.4 Å². The largest absolute Gasteiger partial charge is 0.493 e. The maximum Gasteiger partial charge on any atom is 0.356 e. The molecule has 1 atom stereocenters. The van der Waals surface area contributed by atoms with Gasteiger partial charge in [-0.3, -0.25) is 9.89 Å². The van der Waals surface area contributed by atoms with E-state index in [0.29, 0.717) is 27.6 Å². The summed E-state index contributed by atoms with van der Waals surface area (Å²) < 4.78 is 15.3. The van der Waals surface area contributed by atoms with Crippen LogP contribution in [-0.2, 0) is 9.53 Å². The number of esters is 1. The molecule has 0 spiro atoms. The Bertz CT molecular complexity index is 849. The van der Waals surface area contributed by atoms with Gasteiger partial charge < -0.3 is 19.5 Å². The zero-order valence-electron chi connectivity index (χ0n) is 13.8. The Morgan fingerprint density at radius 2 is 2.04 bits per heavy atom. The first-order valence-corrected chi connectivity index (χ1v) is 7.76. The van der Waals surface area contributed by atoms with Gasteiger partial charge in [0, 0.05) is 17.9 Å². The molecule has 1 aliphatic heterocycles. The van der Waals surface area contributed by atoms with Crippen LogP contribution in [0.25, 0.3) is 0 Å². The number of carbonyl (C=O) groups excluding carboxylic acids is 2. The molecule has 1 amide bonds. The summed E-state index contributed by atoms with van der Waals surface area (Å²) in [5, 5.41) is 9.57. The highest BCUT2D eigenvalue weighted by molar-refractivity contribution is 6.33. The third-order valence-corrected chi connectivity index (χ3v) is 4.47. The number of ether oxygens (including phenoxy) is 3. The lowest BCUT2D eigenvalue weighted by molar-refractivity contribution is -0.116. The molecule has 1 unspecified atom stereocenters. The van der Waals surface area contributed by atoms with Crippen LogP contribution in [0.3, 0.4) is 0 Å². The van der Waals surface area contributed by atoms with Crippen molar-refractivity contribution in [3.05, 3.63) is 34.0 Å². The minimum atomic E-state index is -0.577. The molecule has 2 N–H and O–H groups in total. The molecule has 1 aliphatic rings. The van der Waals surface area contributed by atoms with E-state index in [-0.39, 0.29) is 23.8 Å². The number of amides is 1. The van der Waals surface area contributed by atoms with E-state index in [0.717, 1.165) is 0 Å².